The fraction of sp³-hybridized carbons (Fsp3) is 0.417. The van der Waals surface area contributed by atoms with Crippen molar-refractivity contribution >= 4 is 11.9 Å². The van der Waals surface area contributed by atoms with Crippen LogP contribution in [0.3, 0.4) is 0 Å². The van der Waals surface area contributed by atoms with Gasteiger partial charge in [-0.3, -0.25) is 14.7 Å². The summed E-state index contributed by atoms with van der Waals surface area (Å²) < 4.78 is 0. The Morgan fingerprint density at radius 3 is 2.78 bits per heavy atom. The third-order valence-electron chi connectivity index (χ3n) is 2.97. The van der Waals surface area contributed by atoms with Gasteiger partial charge in [0.2, 0.25) is 5.91 Å². The van der Waals surface area contributed by atoms with Gasteiger partial charge in [0.25, 0.3) is 0 Å². The van der Waals surface area contributed by atoms with Crippen LogP contribution in [0.4, 0.5) is 0 Å². The molecule has 2 rings (SSSR count). The molecule has 1 aromatic rings. The Bertz CT molecular complexity index is 449. The smallest absolute Gasteiger partial charge is 0.327 e. The topological polar surface area (TPSA) is 73.7 Å². The van der Waals surface area contributed by atoms with Gasteiger partial charge in [-0.2, -0.15) is 0 Å². The van der Waals surface area contributed by atoms with Gasteiger partial charge in [0.05, 0.1) is 6.54 Å². The molecule has 1 aromatic heterocycles. The number of rotatable bonds is 3. The maximum absolute atomic E-state index is 11.9. The molecular formula is C12H15N3O3. The normalized spacial score (nSPS) is 21.1. The van der Waals surface area contributed by atoms with Gasteiger partial charge in [-0.25, -0.2) is 4.79 Å². The number of nitrogens with zero attached hydrogens (tertiary/aromatic N) is 3. The summed E-state index contributed by atoms with van der Waals surface area (Å²) in [5.41, 5.74) is 0.883. The number of aliphatic carboxylic acids is 1. The lowest BCUT2D eigenvalue weighted by Gasteiger charge is -2.37. The highest BCUT2D eigenvalue weighted by molar-refractivity contribution is 5.86. The molecule has 1 fully saturated rings. The van der Waals surface area contributed by atoms with Crippen molar-refractivity contribution in [1.82, 2.24) is 14.8 Å². The van der Waals surface area contributed by atoms with E-state index in [1.54, 1.807) is 36.5 Å². The lowest BCUT2D eigenvalue weighted by molar-refractivity contribution is -0.156. The molecule has 0 bridgehead atoms. The van der Waals surface area contributed by atoms with Gasteiger partial charge in [-0.1, -0.05) is 0 Å². The number of hydrogen-bond acceptors (Lipinski definition) is 4. The van der Waals surface area contributed by atoms with E-state index < -0.39 is 12.0 Å². The number of carboxylic acids is 1. The Hall–Kier alpha value is -1.95. The Morgan fingerprint density at radius 2 is 2.17 bits per heavy atom. The minimum Gasteiger partial charge on any atom is -0.480 e. The fourth-order valence-corrected chi connectivity index (χ4v) is 2.05. The molecule has 1 atom stereocenters. The molecule has 1 saturated heterocycles. The summed E-state index contributed by atoms with van der Waals surface area (Å²) in [5, 5.41) is 9.19. The molecule has 96 valence electrons. The first-order chi connectivity index (χ1) is 8.58. The zero-order valence-electron chi connectivity index (χ0n) is 10.1. The summed E-state index contributed by atoms with van der Waals surface area (Å²) in [7, 11) is 1.75. The molecule has 0 aliphatic carbocycles. The molecule has 0 radical (unpaired) electrons. The summed E-state index contributed by atoms with van der Waals surface area (Å²) in [5.74, 6) is -1.13. The second-order valence-electron chi connectivity index (χ2n) is 4.43. The first-order valence-corrected chi connectivity index (χ1v) is 5.67. The number of carboxylic acid groups (broad SMARTS) is 1. The van der Waals surface area contributed by atoms with Gasteiger partial charge < -0.3 is 10.0 Å². The largest absolute Gasteiger partial charge is 0.480 e. The zero-order chi connectivity index (χ0) is 13.1. The highest BCUT2D eigenvalue weighted by atomic mass is 16.4. The van der Waals surface area contributed by atoms with E-state index in [1.165, 1.54) is 4.90 Å². The Kier molecular flexibility index (Phi) is 3.57. The standard InChI is InChI=1S/C12H15N3O3/c1-14-7-10(12(17)18)15(11(16)8-14)6-9-2-4-13-5-3-9/h2-5,10H,6-8H2,1H3,(H,17,18). The number of hydrogen-bond donors (Lipinski definition) is 1. The van der Waals surface area contributed by atoms with Crippen LogP contribution in [0.15, 0.2) is 24.5 Å². The van der Waals surface area contributed by atoms with Crippen LogP contribution >= 0.6 is 0 Å². The molecular weight excluding hydrogens is 234 g/mol. The van der Waals surface area contributed by atoms with Crippen molar-refractivity contribution in [1.29, 1.82) is 0 Å². The number of likely N-dealkylation sites (N-methyl/N-ethyl adjacent to an activating group) is 1. The average molecular weight is 249 g/mol. The molecule has 1 unspecified atom stereocenters. The van der Waals surface area contributed by atoms with Crippen LogP contribution in [0.1, 0.15) is 5.56 Å². The molecule has 1 amide bonds. The van der Waals surface area contributed by atoms with Crippen LogP contribution in [0.5, 0.6) is 0 Å². The van der Waals surface area contributed by atoms with E-state index in [4.69, 9.17) is 0 Å². The summed E-state index contributed by atoms with van der Waals surface area (Å²) >= 11 is 0. The van der Waals surface area contributed by atoms with Crippen molar-refractivity contribution in [3.05, 3.63) is 30.1 Å². The minimum atomic E-state index is -0.969. The van der Waals surface area contributed by atoms with E-state index >= 15 is 0 Å². The quantitative estimate of drug-likeness (QED) is 0.803. The van der Waals surface area contributed by atoms with Gasteiger partial charge >= 0.3 is 5.97 Å². The third-order valence-corrected chi connectivity index (χ3v) is 2.97. The summed E-state index contributed by atoms with van der Waals surface area (Å²) in [4.78, 5) is 30.2. The Labute approximate surface area is 105 Å². The molecule has 1 aliphatic heterocycles. The Balaban J connectivity index is 2.17. The van der Waals surface area contributed by atoms with Crippen molar-refractivity contribution in [3.63, 3.8) is 0 Å². The fourth-order valence-electron chi connectivity index (χ4n) is 2.05. The van der Waals surface area contributed by atoms with Gasteiger partial charge in [-0.15, -0.1) is 0 Å². The van der Waals surface area contributed by atoms with Gasteiger partial charge in [0.1, 0.15) is 6.04 Å². The number of carbonyl (C=O) groups excluding carboxylic acids is 1. The first-order valence-electron chi connectivity index (χ1n) is 5.67. The third kappa shape index (κ3) is 2.65. The number of amides is 1. The summed E-state index contributed by atoms with van der Waals surface area (Å²) in [6, 6.07) is 2.78. The predicted octanol–water partition coefficient (Wildman–Crippen LogP) is -0.191. The number of piperazine rings is 1. The van der Waals surface area contributed by atoms with Crippen molar-refractivity contribution in [2.45, 2.75) is 12.6 Å². The van der Waals surface area contributed by atoms with Gasteiger partial charge in [0, 0.05) is 25.5 Å². The predicted molar refractivity (Wildman–Crippen MR) is 63.7 cm³/mol. The average Bonchev–Trinajstić information content (AvgIpc) is 2.33. The minimum absolute atomic E-state index is 0.159. The number of pyridine rings is 1. The molecule has 6 nitrogen and oxygen atoms in total. The highest BCUT2D eigenvalue weighted by Crippen LogP contribution is 2.14. The zero-order valence-corrected chi connectivity index (χ0v) is 10.1. The number of carbonyl (C=O) groups is 2. The van der Waals surface area contributed by atoms with Crippen LogP contribution < -0.4 is 0 Å². The SMILES string of the molecule is CN1CC(=O)N(Cc2ccncc2)C(C(=O)O)C1. The van der Waals surface area contributed by atoms with E-state index in [-0.39, 0.29) is 12.5 Å². The molecule has 0 spiro atoms. The molecule has 0 aromatic carbocycles. The van der Waals surface area contributed by atoms with E-state index in [1.807, 2.05) is 0 Å². The second-order valence-corrected chi connectivity index (χ2v) is 4.43. The van der Waals surface area contributed by atoms with E-state index in [0.29, 0.717) is 13.1 Å². The summed E-state index contributed by atoms with van der Waals surface area (Å²) in [6.45, 7) is 0.924. The second kappa shape index (κ2) is 5.14. The van der Waals surface area contributed by atoms with Crippen LogP contribution in [0, 0.1) is 0 Å². The molecule has 18 heavy (non-hydrogen) atoms. The van der Waals surface area contributed by atoms with Crippen molar-refractivity contribution in [3.8, 4) is 0 Å². The molecule has 1 N–H and O–H groups in total. The van der Waals surface area contributed by atoms with E-state index in [2.05, 4.69) is 4.98 Å². The van der Waals surface area contributed by atoms with Gasteiger partial charge in [-0.05, 0) is 24.7 Å². The maximum atomic E-state index is 11.9. The van der Waals surface area contributed by atoms with Gasteiger partial charge in [0.15, 0.2) is 0 Å². The van der Waals surface area contributed by atoms with Crippen LogP contribution in [0.25, 0.3) is 0 Å². The molecule has 1 aliphatic rings. The molecule has 2 heterocycles. The van der Waals surface area contributed by atoms with Crippen LogP contribution in [-0.2, 0) is 16.1 Å². The lowest BCUT2D eigenvalue weighted by Crippen LogP contribution is -2.57. The Morgan fingerprint density at radius 1 is 1.50 bits per heavy atom. The van der Waals surface area contributed by atoms with E-state index in [0.717, 1.165) is 5.56 Å². The highest BCUT2D eigenvalue weighted by Gasteiger charge is 2.35. The van der Waals surface area contributed by atoms with Crippen molar-refractivity contribution in [2.24, 2.45) is 0 Å². The van der Waals surface area contributed by atoms with Crippen LogP contribution in [0.2, 0.25) is 0 Å². The number of aromatic nitrogens is 1. The first kappa shape index (κ1) is 12.5. The van der Waals surface area contributed by atoms with E-state index in [9.17, 15) is 14.7 Å². The van der Waals surface area contributed by atoms with Crippen LogP contribution in [-0.4, -0.2) is 57.9 Å². The monoisotopic (exact) mass is 249 g/mol. The maximum Gasteiger partial charge on any atom is 0.327 e. The summed E-state index contributed by atoms with van der Waals surface area (Å²) in [6.07, 6.45) is 3.26. The molecule has 0 saturated carbocycles. The van der Waals surface area contributed by atoms with Crippen molar-refractivity contribution in [2.75, 3.05) is 20.1 Å². The molecule has 6 heteroatoms. The van der Waals surface area contributed by atoms with Crippen molar-refractivity contribution < 1.29 is 14.7 Å². The lowest BCUT2D eigenvalue weighted by atomic mass is 10.1.